The van der Waals surface area contributed by atoms with E-state index in [0.29, 0.717) is 24.8 Å². The predicted octanol–water partition coefficient (Wildman–Crippen LogP) is 2.70. The summed E-state index contributed by atoms with van der Waals surface area (Å²) in [5, 5.41) is 23.6. The number of nitrogens with one attached hydrogen (secondary N) is 5. The highest BCUT2D eigenvalue weighted by molar-refractivity contribution is 5.97. The van der Waals surface area contributed by atoms with Crippen LogP contribution in [0.5, 0.6) is 0 Å². The van der Waals surface area contributed by atoms with Crippen molar-refractivity contribution in [3.05, 3.63) is 71.8 Å². The number of likely N-dealkylation sites (tertiary alicyclic amines) is 1. The van der Waals surface area contributed by atoms with E-state index in [9.17, 15) is 38.7 Å². The van der Waals surface area contributed by atoms with Gasteiger partial charge in [0.1, 0.15) is 36.3 Å². The summed E-state index contributed by atoms with van der Waals surface area (Å²) in [4.78, 5) is 96.6. The predicted molar refractivity (Wildman–Crippen MR) is 229 cm³/mol. The Labute approximate surface area is 354 Å². The molecule has 7 atom stereocenters. The monoisotopic (exact) mass is 834 g/mol. The Kier molecular flexibility index (Phi) is 19.2. The largest absolute Gasteiger partial charge is 0.480 e. The quantitative estimate of drug-likeness (QED) is 0.0924. The zero-order chi connectivity index (χ0) is 44.7. The van der Waals surface area contributed by atoms with Gasteiger partial charge in [-0.1, -0.05) is 116 Å². The molecule has 0 aromatic heterocycles. The summed E-state index contributed by atoms with van der Waals surface area (Å²) in [5.41, 5.74) is 7.55. The van der Waals surface area contributed by atoms with E-state index in [1.54, 1.807) is 50.2 Å². The lowest BCUT2D eigenvalue weighted by Crippen LogP contribution is -2.61. The number of rotatable bonds is 22. The van der Waals surface area contributed by atoms with Crippen LogP contribution in [0.3, 0.4) is 0 Å². The molecular formula is C45H67N7O8. The summed E-state index contributed by atoms with van der Waals surface area (Å²) < 4.78 is 0. The number of amides is 6. The Balaban J connectivity index is 1.91. The number of benzene rings is 2. The SMILES string of the molecule is CC(C)CC(NC(=O)C(NC(=O)C(Cc1ccccc1)NC(=O)C(Cc1ccccc1)NC(=O)C1CCCN1C(=O)C(CC(C)C)NC(=O)C(N)C(C)C)C(C)C)C(=O)O. The number of carbonyl (C=O) groups is 7. The average molecular weight is 834 g/mol. The minimum atomic E-state index is -1.21. The van der Waals surface area contributed by atoms with Crippen molar-refractivity contribution in [1.29, 1.82) is 0 Å². The molecule has 15 nitrogen and oxygen atoms in total. The highest BCUT2D eigenvalue weighted by Crippen LogP contribution is 2.22. The maximum Gasteiger partial charge on any atom is 0.326 e. The fourth-order valence-electron chi connectivity index (χ4n) is 7.17. The highest BCUT2D eigenvalue weighted by atomic mass is 16.4. The summed E-state index contributed by atoms with van der Waals surface area (Å²) >= 11 is 0. The topological polar surface area (TPSA) is 229 Å². The molecule has 7 unspecified atom stereocenters. The highest BCUT2D eigenvalue weighted by Gasteiger charge is 2.40. The van der Waals surface area contributed by atoms with Crippen molar-refractivity contribution in [2.45, 2.75) is 136 Å². The van der Waals surface area contributed by atoms with Crippen LogP contribution in [0.2, 0.25) is 0 Å². The van der Waals surface area contributed by atoms with Gasteiger partial charge in [-0.25, -0.2) is 4.79 Å². The second kappa shape index (κ2) is 23.5. The molecule has 2 aromatic rings. The lowest BCUT2D eigenvalue weighted by atomic mass is 9.98. The lowest BCUT2D eigenvalue weighted by molar-refractivity contribution is -0.143. The molecule has 0 spiro atoms. The third kappa shape index (κ3) is 15.1. The number of carbonyl (C=O) groups excluding carboxylic acids is 6. The number of nitrogens with zero attached hydrogens (tertiary/aromatic N) is 1. The second-order valence-corrected chi connectivity index (χ2v) is 17.4. The van der Waals surface area contributed by atoms with Gasteiger partial charge in [-0.05, 0) is 60.5 Å². The summed E-state index contributed by atoms with van der Waals surface area (Å²) in [5.74, 6) is -5.19. The maximum atomic E-state index is 14.4. The van der Waals surface area contributed by atoms with Crippen molar-refractivity contribution >= 4 is 41.4 Å². The molecule has 60 heavy (non-hydrogen) atoms. The van der Waals surface area contributed by atoms with Crippen LogP contribution in [0, 0.1) is 23.7 Å². The standard InChI is InChI=1S/C45H67N7O8/c1-26(2)22-34(49-42(56)37(46)28(5)6)44(58)52-21-15-20-36(52)41(55)48-32(24-30-16-11-9-12-17-30)39(53)47-33(25-31-18-13-10-14-19-31)40(54)51-38(29(7)8)43(57)50-35(45(59)60)23-27(3)4/h9-14,16-19,26-29,32-38H,15,20-25,46H2,1-8H3,(H,47,53)(H,48,55)(H,49,56)(H,50,57)(H,51,54)(H,59,60). The van der Waals surface area contributed by atoms with E-state index in [2.05, 4.69) is 26.6 Å². The molecule has 1 aliphatic rings. The van der Waals surface area contributed by atoms with Gasteiger partial charge in [0, 0.05) is 19.4 Å². The zero-order valence-corrected chi connectivity index (χ0v) is 36.4. The van der Waals surface area contributed by atoms with Gasteiger partial charge in [0.05, 0.1) is 6.04 Å². The molecule has 0 aliphatic carbocycles. The first-order valence-electron chi connectivity index (χ1n) is 21.2. The van der Waals surface area contributed by atoms with Crippen molar-refractivity contribution in [3.8, 4) is 0 Å². The molecule has 1 saturated heterocycles. The summed E-state index contributed by atoms with van der Waals surface area (Å²) in [6, 6.07) is 10.7. The molecular weight excluding hydrogens is 767 g/mol. The molecule has 1 aliphatic heterocycles. The third-order valence-corrected chi connectivity index (χ3v) is 10.6. The van der Waals surface area contributed by atoms with Gasteiger partial charge in [-0.15, -0.1) is 0 Å². The van der Waals surface area contributed by atoms with Crippen LogP contribution in [-0.4, -0.2) is 100 Å². The Morgan fingerprint density at radius 2 is 1.08 bits per heavy atom. The van der Waals surface area contributed by atoms with Gasteiger partial charge in [0.25, 0.3) is 0 Å². The molecule has 6 amide bonds. The van der Waals surface area contributed by atoms with E-state index < -0.39 is 89.6 Å². The first-order chi connectivity index (χ1) is 28.3. The van der Waals surface area contributed by atoms with Gasteiger partial charge < -0.3 is 42.3 Å². The Morgan fingerprint density at radius 3 is 1.57 bits per heavy atom. The Morgan fingerprint density at radius 1 is 0.617 bits per heavy atom. The number of carboxylic acids is 1. The fourth-order valence-corrected chi connectivity index (χ4v) is 7.17. The minimum absolute atomic E-state index is 0.0194. The van der Waals surface area contributed by atoms with E-state index in [1.807, 2.05) is 65.8 Å². The van der Waals surface area contributed by atoms with Gasteiger partial charge in [0.15, 0.2) is 0 Å². The summed E-state index contributed by atoms with van der Waals surface area (Å²) in [6.07, 6.45) is 1.49. The third-order valence-electron chi connectivity index (χ3n) is 10.6. The van der Waals surface area contributed by atoms with Crippen LogP contribution < -0.4 is 32.3 Å². The van der Waals surface area contributed by atoms with Crippen LogP contribution in [0.4, 0.5) is 0 Å². The number of carboxylic acid groups (broad SMARTS) is 1. The van der Waals surface area contributed by atoms with Gasteiger partial charge in [-0.3, -0.25) is 28.8 Å². The molecule has 0 bridgehead atoms. The molecule has 2 aromatic carbocycles. The van der Waals surface area contributed by atoms with Crippen LogP contribution in [-0.2, 0) is 46.4 Å². The normalized spacial score (nSPS) is 17.0. The van der Waals surface area contributed by atoms with Gasteiger partial charge in [0.2, 0.25) is 35.4 Å². The molecule has 3 rings (SSSR count). The Hall–Kier alpha value is -5.31. The first kappa shape index (κ1) is 49.1. The number of hydrogen-bond donors (Lipinski definition) is 7. The second-order valence-electron chi connectivity index (χ2n) is 17.4. The van der Waals surface area contributed by atoms with E-state index in [-0.39, 0.29) is 43.6 Å². The number of nitrogens with two attached hydrogens (primary N) is 1. The van der Waals surface area contributed by atoms with Crippen molar-refractivity contribution in [3.63, 3.8) is 0 Å². The molecule has 8 N–H and O–H groups in total. The maximum absolute atomic E-state index is 14.4. The number of hydrogen-bond acceptors (Lipinski definition) is 8. The van der Waals surface area contributed by atoms with Crippen molar-refractivity contribution in [1.82, 2.24) is 31.5 Å². The molecule has 15 heteroatoms. The van der Waals surface area contributed by atoms with E-state index >= 15 is 0 Å². The van der Waals surface area contributed by atoms with Crippen LogP contribution in [0.1, 0.15) is 92.2 Å². The molecule has 1 heterocycles. The fraction of sp³-hybridized carbons (Fsp3) is 0.578. The molecule has 330 valence electrons. The summed E-state index contributed by atoms with van der Waals surface area (Å²) in [6.45, 7) is 14.9. The summed E-state index contributed by atoms with van der Waals surface area (Å²) in [7, 11) is 0. The van der Waals surface area contributed by atoms with Crippen molar-refractivity contribution in [2.75, 3.05) is 6.54 Å². The van der Waals surface area contributed by atoms with E-state index in [1.165, 1.54) is 4.90 Å². The van der Waals surface area contributed by atoms with Crippen molar-refractivity contribution < 1.29 is 38.7 Å². The zero-order valence-electron chi connectivity index (χ0n) is 36.4. The molecule has 0 saturated carbocycles. The lowest BCUT2D eigenvalue weighted by Gasteiger charge is -2.31. The van der Waals surface area contributed by atoms with Crippen LogP contribution >= 0.6 is 0 Å². The molecule has 1 fully saturated rings. The molecule has 0 radical (unpaired) electrons. The average Bonchev–Trinajstić information content (AvgIpc) is 3.69. The van der Waals surface area contributed by atoms with Gasteiger partial charge in [-0.2, -0.15) is 0 Å². The van der Waals surface area contributed by atoms with Crippen molar-refractivity contribution in [2.24, 2.45) is 29.4 Å². The van der Waals surface area contributed by atoms with Crippen LogP contribution in [0.25, 0.3) is 0 Å². The van der Waals surface area contributed by atoms with E-state index in [4.69, 9.17) is 5.73 Å². The smallest absolute Gasteiger partial charge is 0.326 e. The first-order valence-corrected chi connectivity index (χ1v) is 21.2. The Bertz CT molecular complexity index is 1750. The number of aliphatic carboxylic acids is 1. The van der Waals surface area contributed by atoms with E-state index in [0.717, 1.165) is 5.56 Å². The minimum Gasteiger partial charge on any atom is -0.480 e. The van der Waals surface area contributed by atoms with Crippen LogP contribution in [0.15, 0.2) is 60.7 Å². The van der Waals surface area contributed by atoms with Gasteiger partial charge >= 0.3 is 5.97 Å².